The van der Waals surface area contributed by atoms with E-state index in [2.05, 4.69) is 10.1 Å². The summed E-state index contributed by atoms with van der Waals surface area (Å²) in [5, 5.41) is 13.0. The maximum Gasteiger partial charge on any atom is 0.411 e. The van der Waals surface area contributed by atoms with Gasteiger partial charge in [0.1, 0.15) is 5.56 Å². The average molecular weight is 254 g/mol. The summed E-state index contributed by atoms with van der Waals surface area (Å²) in [5.74, 6) is 4.10. The highest BCUT2D eigenvalue weighted by atomic mass is 16.6. The van der Waals surface area contributed by atoms with Crippen LogP contribution in [-0.4, -0.2) is 24.0 Å². The molecule has 0 unspecified atom stereocenters. The van der Waals surface area contributed by atoms with Crippen molar-refractivity contribution in [2.45, 2.75) is 0 Å². The van der Waals surface area contributed by atoms with Crippen molar-refractivity contribution in [1.82, 2.24) is 5.43 Å². The predicted molar refractivity (Wildman–Crippen MR) is 60.8 cm³/mol. The number of rotatable bonds is 3. The van der Waals surface area contributed by atoms with Crippen molar-refractivity contribution in [3.05, 3.63) is 33.9 Å². The van der Waals surface area contributed by atoms with Gasteiger partial charge >= 0.3 is 6.09 Å². The number of hydrazine groups is 1. The molecule has 0 aliphatic carbocycles. The highest BCUT2D eigenvalue weighted by Crippen LogP contribution is 2.23. The number of carbonyl (C=O) groups excluding carboxylic acids is 2. The molecule has 0 aromatic heterocycles. The number of methoxy groups -OCH3 is 1. The fourth-order valence-corrected chi connectivity index (χ4v) is 1.20. The molecule has 0 spiro atoms. The Bertz CT molecular complexity index is 502. The Morgan fingerprint density at radius 1 is 1.44 bits per heavy atom. The SMILES string of the molecule is COC(=O)Nc1ccc(C(=O)NN)c([N+](=O)[O-])c1. The Morgan fingerprint density at radius 3 is 2.61 bits per heavy atom. The fourth-order valence-electron chi connectivity index (χ4n) is 1.20. The summed E-state index contributed by atoms with van der Waals surface area (Å²) in [6, 6.07) is 3.52. The first-order valence-electron chi connectivity index (χ1n) is 4.64. The van der Waals surface area contributed by atoms with Gasteiger partial charge in [0, 0.05) is 6.07 Å². The van der Waals surface area contributed by atoms with Gasteiger partial charge in [-0.1, -0.05) is 0 Å². The van der Waals surface area contributed by atoms with E-state index in [1.165, 1.54) is 12.1 Å². The van der Waals surface area contributed by atoms with Gasteiger partial charge in [-0.15, -0.1) is 0 Å². The molecule has 0 atom stereocenters. The quantitative estimate of drug-likeness (QED) is 0.308. The molecular formula is C9H10N4O5. The van der Waals surface area contributed by atoms with E-state index in [-0.39, 0.29) is 11.3 Å². The third kappa shape index (κ3) is 2.92. The van der Waals surface area contributed by atoms with E-state index in [0.717, 1.165) is 13.2 Å². The minimum atomic E-state index is -0.800. The van der Waals surface area contributed by atoms with Crippen LogP contribution in [0.3, 0.4) is 0 Å². The Morgan fingerprint density at radius 2 is 2.11 bits per heavy atom. The molecule has 4 N–H and O–H groups in total. The zero-order valence-electron chi connectivity index (χ0n) is 9.30. The molecule has 0 saturated carbocycles. The lowest BCUT2D eigenvalue weighted by molar-refractivity contribution is -0.385. The Balaban J connectivity index is 3.15. The Labute approximate surface area is 101 Å². The first-order chi connectivity index (χ1) is 8.49. The van der Waals surface area contributed by atoms with Gasteiger partial charge in [-0.3, -0.25) is 25.7 Å². The second-order valence-corrected chi connectivity index (χ2v) is 3.08. The summed E-state index contributed by atoms with van der Waals surface area (Å²) >= 11 is 0. The molecular weight excluding hydrogens is 244 g/mol. The lowest BCUT2D eigenvalue weighted by Gasteiger charge is -2.06. The van der Waals surface area contributed by atoms with Gasteiger partial charge in [0.15, 0.2) is 0 Å². The minimum absolute atomic E-state index is 0.127. The van der Waals surface area contributed by atoms with E-state index in [1.807, 2.05) is 0 Å². The molecule has 9 heteroatoms. The first-order valence-corrected chi connectivity index (χ1v) is 4.64. The number of anilines is 1. The number of nitrogen functional groups attached to an aromatic ring is 1. The summed E-state index contributed by atoms with van der Waals surface area (Å²) in [5.41, 5.74) is 1.23. The molecule has 0 bridgehead atoms. The van der Waals surface area contributed by atoms with Crippen molar-refractivity contribution in [3.63, 3.8) is 0 Å². The number of hydrogen-bond donors (Lipinski definition) is 3. The summed E-state index contributed by atoms with van der Waals surface area (Å²) < 4.78 is 4.33. The van der Waals surface area contributed by atoms with E-state index < -0.39 is 22.6 Å². The molecule has 0 fully saturated rings. The van der Waals surface area contributed by atoms with Gasteiger partial charge < -0.3 is 4.74 Å². The number of hydrogen-bond acceptors (Lipinski definition) is 6. The zero-order valence-corrected chi connectivity index (χ0v) is 9.30. The van der Waals surface area contributed by atoms with E-state index in [4.69, 9.17) is 5.84 Å². The lowest BCUT2D eigenvalue weighted by Crippen LogP contribution is -2.30. The van der Waals surface area contributed by atoms with Gasteiger partial charge in [-0.2, -0.15) is 0 Å². The number of benzene rings is 1. The molecule has 1 aromatic carbocycles. The van der Waals surface area contributed by atoms with Crippen molar-refractivity contribution < 1.29 is 19.2 Å². The Hall–Kier alpha value is -2.68. The predicted octanol–water partition coefficient (Wildman–Crippen LogP) is 0.377. The molecule has 0 aliphatic heterocycles. The van der Waals surface area contributed by atoms with Gasteiger partial charge in [0.05, 0.1) is 17.7 Å². The van der Waals surface area contributed by atoms with Crippen molar-refractivity contribution in [2.24, 2.45) is 5.84 Å². The second-order valence-electron chi connectivity index (χ2n) is 3.08. The molecule has 0 radical (unpaired) electrons. The number of nitrogens with two attached hydrogens (primary N) is 1. The van der Waals surface area contributed by atoms with Crippen molar-refractivity contribution >= 4 is 23.4 Å². The average Bonchev–Trinajstić information content (AvgIpc) is 2.37. The van der Waals surface area contributed by atoms with Crippen LogP contribution in [0.15, 0.2) is 18.2 Å². The molecule has 1 rings (SSSR count). The van der Waals surface area contributed by atoms with Crippen LogP contribution in [0.25, 0.3) is 0 Å². The molecule has 1 aromatic rings. The van der Waals surface area contributed by atoms with Crippen LogP contribution in [-0.2, 0) is 4.74 Å². The van der Waals surface area contributed by atoms with E-state index in [9.17, 15) is 19.7 Å². The maximum absolute atomic E-state index is 11.3. The highest BCUT2D eigenvalue weighted by molar-refractivity contribution is 5.99. The molecule has 9 nitrogen and oxygen atoms in total. The molecule has 0 heterocycles. The highest BCUT2D eigenvalue weighted by Gasteiger charge is 2.20. The number of carbonyl (C=O) groups is 2. The summed E-state index contributed by atoms with van der Waals surface area (Å²) in [6.45, 7) is 0. The molecule has 96 valence electrons. The summed E-state index contributed by atoms with van der Waals surface area (Å²) in [7, 11) is 1.15. The largest absolute Gasteiger partial charge is 0.453 e. The molecule has 18 heavy (non-hydrogen) atoms. The molecule has 2 amide bonds. The minimum Gasteiger partial charge on any atom is -0.453 e. The third-order valence-corrected chi connectivity index (χ3v) is 2.00. The topological polar surface area (TPSA) is 137 Å². The van der Waals surface area contributed by atoms with Crippen LogP contribution in [0.4, 0.5) is 16.2 Å². The van der Waals surface area contributed by atoms with Crippen LogP contribution in [0.5, 0.6) is 0 Å². The fraction of sp³-hybridized carbons (Fsp3) is 0.111. The van der Waals surface area contributed by atoms with Crippen molar-refractivity contribution in [2.75, 3.05) is 12.4 Å². The van der Waals surface area contributed by atoms with E-state index in [1.54, 1.807) is 5.43 Å². The zero-order chi connectivity index (χ0) is 13.7. The van der Waals surface area contributed by atoms with E-state index >= 15 is 0 Å². The molecule has 0 aliphatic rings. The normalized spacial score (nSPS) is 9.44. The van der Waals surface area contributed by atoms with Crippen molar-refractivity contribution in [3.8, 4) is 0 Å². The number of amides is 2. The van der Waals surface area contributed by atoms with Crippen LogP contribution in [0, 0.1) is 10.1 Å². The lowest BCUT2D eigenvalue weighted by atomic mass is 10.1. The van der Waals surface area contributed by atoms with Gasteiger partial charge in [0.25, 0.3) is 11.6 Å². The number of ether oxygens (including phenoxy) is 1. The van der Waals surface area contributed by atoms with E-state index in [0.29, 0.717) is 0 Å². The monoisotopic (exact) mass is 254 g/mol. The van der Waals surface area contributed by atoms with Crippen LogP contribution in [0.2, 0.25) is 0 Å². The number of nitrogens with one attached hydrogen (secondary N) is 2. The summed E-state index contributed by atoms with van der Waals surface area (Å²) in [6.07, 6.45) is -0.777. The third-order valence-electron chi connectivity index (χ3n) is 2.00. The Kier molecular flexibility index (Phi) is 4.16. The van der Waals surface area contributed by atoms with Gasteiger partial charge in [-0.05, 0) is 12.1 Å². The number of nitro groups is 1. The van der Waals surface area contributed by atoms with Crippen LogP contribution < -0.4 is 16.6 Å². The smallest absolute Gasteiger partial charge is 0.411 e. The molecule has 0 saturated heterocycles. The maximum atomic E-state index is 11.3. The van der Waals surface area contributed by atoms with Gasteiger partial charge in [0.2, 0.25) is 0 Å². The van der Waals surface area contributed by atoms with Crippen LogP contribution >= 0.6 is 0 Å². The standard InChI is InChI=1S/C9H10N4O5/c1-18-9(15)11-5-2-3-6(8(14)12-10)7(4-5)13(16)17/h2-4H,10H2,1H3,(H,11,15)(H,12,14). The second kappa shape index (κ2) is 5.59. The van der Waals surface area contributed by atoms with Crippen molar-refractivity contribution in [1.29, 1.82) is 0 Å². The summed E-state index contributed by atoms with van der Waals surface area (Å²) in [4.78, 5) is 32.2. The van der Waals surface area contributed by atoms with Crippen LogP contribution in [0.1, 0.15) is 10.4 Å². The number of nitrogens with zero attached hydrogens (tertiary/aromatic N) is 1. The first kappa shape index (κ1) is 13.4. The number of nitro benzene ring substituents is 1. The van der Waals surface area contributed by atoms with Gasteiger partial charge in [-0.25, -0.2) is 10.6 Å².